The zero-order valence-electron chi connectivity index (χ0n) is 18.7. The summed E-state index contributed by atoms with van der Waals surface area (Å²) in [7, 11) is 3.90. The minimum absolute atomic E-state index is 0.160. The maximum atomic E-state index is 12.0. The monoisotopic (exact) mass is 413 g/mol. The molecule has 0 unspecified atom stereocenters. The van der Waals surface area contributed by atoms with Gasteiger partial charge in [0.15, 0.2) is 17.3 Å². The first kappa shape index (κ1) is 23.6. The maximum absolute atomic E-state index is 12.0. The van der Waals surface area contributed by atoms with Gasteiger partial charge < -0.3 is 26.6 Å². The average Bonchev–Trinajstić information content (AvgIpc) is 2.75. The van der Waals surface area contributed by atoms with E-state index in [1.54, 1.807) is 0 Å². The van der Waals surface area contributed by atoms with Crippen LogP contribution in [-0.4, -0.2) is 56.1 Å². The van der Waals surface area contributed by atoms with Gasteiger partial charge in [-0.15, -0.1) is 0 Å². The Morgan fingerprint density at radius 1 is 1.23 bits per heavy atom. The minimum atomic E-state index is -0.594. The summed E-state index contributed by atoms with van der Waals surface area (Å²) in [6.07, 6.45) is 0.667. The van der Waals surface area contributed by atoms with Gasteiger partial charge in [0.1, 0.15) is 0 Å². The molecule has 0 aliphatic carbocycles. The molecule has 30 heavy (non-hydrogen) atoms. The van der Waals surface area contributed by atoms with Crippen LogP contribution in [-0.2, 0) is 6.42 Å². The maximum Gasteiger partial charge on any atom is 0.271 e. The number of likely N-dealkylation sites (N-methyl/N-ethyl adjacent to an activating group) is 1. The lowest BCUT2D eigenvalue weighted by Crippen LogP contribution is -2.27. The van der Waals surface area contributed by atoms with Crippen LogP contribution in [0.15, 0.2) is 24.3 Å². The second-order valence-electron chi connectivity index (χ2n) is 7.38. The van der Waals surface area contributed by atoms with Crippen LogP contribution in [0, 0.1) is 0 Å². The zero-order chi connectivity index (χ0) is 22.1. The number of amides is 1. The molecule has 0 radical (unpaired) electrons. The molecule has 1 aromatic heterocycles. The molecule has 5 N–H and O–H groups in total. The highest BCUT2D eigenvalue weighted by molar-refractivity contribution is 5.96. The van der Waals surface area contributed by atoms with Crippen LogP contribution in [0.1, 0.15) is 48.4 Å². The third kappa shape index (κ3) is 6.14. The van der Waals surface area contributed by atoms with E-state index in [0.29, 0.717) is 18.2 Å². The van der Waals surface area contributed by atoms with Crippen molar-refractivity contribution in [2.24, 2.45) is 5.73 Å². The number of hydrogen-bond donors (Lipinski definition) is 4. The Morgan fingerprint density at radius 2 is 2.00 bits per heavy atom. The molecule has 0 saturated carbocycles. The van der Waals surface area contributed by atoms with Crippen LogP contribution in [0.3, 0.4) is 0 Å². The van der Waals surface area contributed by atoms with Crippen molar-refractivity contribution in [1.29, 1.82) is 0 Å². The van der Waals surface area contributed by atoms with Gasteiger partial charge in [0.25, 0.3) is 5.91 Å². The normalized spacial score (nSPS) is 11.9. The highest BCUT2D eigenvalue weighted by atomic mass is 16.1. The minimum Gasteiger partial charge on any atom is -0.364 e. The van der Waals surface area contributed by atoms with E-state index >= 15 is 0 Å². The van der Waals surface area contributed by atoms with Crippen molar-refractivity contribution in [3.63, 3.8) is 0 Å². The second-order valence-corrected chi connectivity index (χ2v) is 7.38. The number of carbonyl (C=O) groups is 1. The molecule has 2 aromatic rings. The van der Waals surface area contributed by atoms with Crippen molar-refractivity contribution < 1.29 is 4.79 Å². The molecule has 8 heteroatoms. The number of aromatic nitrogens is 2. The van der Waals surface area contributed by atoms with E-state index in [1.165, 1.54) is 5.56 Å². The molecule has 2 rings (SSSR count). The molecule has 0 fully saturated rings. The number of carbonyl (C=O) groups excluding carboxylic acids is 1. The quantitative estimate of drug-likeness (QED) is 0.395. The fraction of sp³-hybridized carbons (Fsp3) is 0.500. The van der Waals surface area contributed by atoms with Gasteiger partial charge in [0, 0.05) is 38.9 Å². The number of nitrogens with zero attached hydrogens (tertiary/aromatic N) is 3. The first-order valence-electron chi connectivity index (χ1n) is 10.5. The first-order valence-corrected chi connectivity index (χ1v) is 10.5. The van der Waals surface area contributed by atoms with Gasteiger partial charge in [-0.2, -0.15) is 0 Å². The predicted molar refractivity (Wildman–Crippen MR) is 124 cm³/mol. The Kier molecular flexibility index (Phi) is 9.01. The average molecular weight is 414 g/mol. The predicted octanol–water partition coefficient (Wildman–Crippen LogP) is 2.25. The smallest absolute Gasteiger partial charge is 0.271 e. The van der Waals surface area contributed by atoms with E-state index in [2.05, 4.69) is 40.0 Å². The molecule has 1 heterocycles. The number of nitrogens with one attached hydrogen (secondary N) is 3. The highest BCUT2D eigenvalue weighted by Crippen LogP contribution is 2.26. The Morgan fingerprint density at radius 3 is 2.63 bits per heavy atom. The van der Waals surface area contributed by atoms with Crippen molar-refractivity contribution in [2.75, 3.05) is 50.5 Å². The largest absolute Gasteiger partial charge is 0.364 e. The summed E-state index contributed by atoms with van der Waals surface area (Å²) >= 11 is 0. The van der Waals surface area contributed by atoms with E-state index in [0.717, 1.165) is 43.4 Å². The number of primary amides is 1. The Balaban J connectivity index is 2.29. The Hall–Kier alpha value is -2.71. The van der Waals surface area contributed by atoms with E-state index in [9.17, 15) is 4.79 Å². The van der Waals surface area contributed by atoms with Gasteiger partial charge in [0.05, 0.1) is 5.69 Å². The third-order valence-electron chi connectivity index (χ3n) is 5.07. The van der Waals surface area contributed by atoms with Gasteiger partial charge in [-0.25, -0.2) is 9.97 Å². The van der Waals surface area contributed by atoms with E-state index in [-0.39, 0.29) is 5.69 Å². The number of rotatable bonds is 12. The molecule has 1 amide bonds. The third-order valence-corrected chi connectivity index (χ3v) is 5.07. The number of anilines is 3. The molecule has 1 aromatic carbocycles. The molecule has 164 valence electrons. The summed E-state index contributed by atoms with van der Waals surface area (Å²) < 4.78 is 0. The van der Waals surface area contributed by atoms with Crippen LogP contribution >= 0.6 is 0 Å². The SMILES string of the molecule is CCc1nc(C(N)=O)c(Nc2cccc([C@@H](C)CNCCNC)c2)nc1N(C)CC. The van der Waals surface area contributed by atoms with Crippen LogP contribution in [0.25, 0.3) is 0 Å². The Labute approximate surface area is 179 Å². The molecule has 0 aliphatic rings. The highest BCUT2D eigenvalue weighted by Gasteiger charge is 2.19. The lowest BCUT2D eigenvalue weighted by molar-refractivity contribution is 0.0996. The van der Waals surface area contributed by atoms with E-state index in [1.807, 2.05) is 45.0 Å². The number of benzene rings is 1. The second kappa shape index (κ2) is 11.5. The van der Waals surface area contributed by atoms with E-state index < -0.39 is 5.91 Å². The van der Waals surface area contributed by atoms with Crippen LogP contribution in [0.4, 0.5) is 17.3 Å². The summed E-state index contributed by atoms with van der Waals surface area (Å²) in [5, 5.41) is 9.84. The van der Waals surface area contributed by atoms with Crippen LogP contribution < -0.4 is 26.6 Å². The van der Waals surface area contributed by atoms with Crippen molar-refractivity contribution in [2.45, 2.75) is 33.1 Å². The zero-order valence-corrected chi connectivity index (χ0v) is 18.7. The number of nitrogens with two attached hydrogens (primary N) is 1. The molecular weight excluding hydrogens is 378 g/mol. The fourth-order valence-electron chi connectivity index (χ4n) is 3.12. The van der Waals surface area contributed by atoms with Crippen molar-refractivity contribution in [1.82, 2.24) is 20.6 Å². The lowest BCUT2D eigenvalue weighted by Gasteiger charge is -2.21. The molecular formula is C22H35N7O. The van der Waals surface area contributed by atoms with Crippen molar-refractivity contribution in [3.05, 3.63) is 41.2 Å². The molecule has 8 nitrogen and oxygen atoms in total. The molecule has 0 saturated heterocycles. The molecule has 0 aliphatic heterocycles. The fourth-order valence-corrected chi connectivity index (χ4v) is 3.12. The summed E-state index contributed by atoms with van der Waals surface area (Å²) in [6.45, 7) is 9.75. The number of hydrogen-bond acceptors (Lipinski definition) is 7. The van der Waals surface area contributed by atoms with Gasteiger partial charge >= 0.3 is 0 Å². The molecule has 1 atom stereocenters. The first-order chi connectivity index (χ1) is 14.4. The van der Waals surface area contributed by atoms with Gasteiger partial charge in [-0.3, -0.25) is 4.79 Å². The molecule has 0 bridgehead atoms. The summed E-state index contributed by atoms with van der Waals surface area (Å²) in [5.41, 5.74) is 8.56. The van der Waals surface area contributed by atoms with Gasteiger partial charge in [-0.1, -0.05) is 26.0 Å². The summed E-state index contributed by atoms with van der Waals surface area (Å²) in [5.74, 6) is 0.885. The van der Waals surface area contributed by atoms with Crippen LogP contribution in [0.2, 0.25) is 0 Å². The Bertz CT molecular complexity index is 840. The summed E-state index contributed by atoms with van der Waals surface area (Å²) in [6, 6.07) is 8.13. The van der Waals surface area contributed by atoms with Crippen molar-refractivity contribution in [3.8, 4) is 0 Å². The standard InChI is InChI=1S/C22H35N7O/c1-6-18-22(29(5)7-2)28-21(19(27-18)20(23)30)26-17-10-8-9-16(13-17)15(3)14-25-12-11-24-4/h8-10,13,15,24-25H,6-7,11-12,14H2,1-5H3,(H2,23,30)(H,26,28)/t15-/m0/s1. The van der Waals surface area contributed by atoms with Gasteiger partial charge in [-0.05, 0) is 44.0 Å². The topological polar surface area (TPSA) is 108 Å². The summed E-state index contributed by atoms with van der Waals surface area (Å²) in [4.78, 5) is 23.3. The van der Waals surface area contributed by atoms with Crippen molar-refractivity contribution >= 4 is 23.2 Å². The van der Waals surface area contributed by atoms with E-state index in [4.69, 9.17) is 10.7 Å². The number of aryl methyl sites for hydroxylation is 1. The van der Waals surface area contributed by atoms with Gasteiger partial charge in [0.2, 0.25) is 0 Å². The lowest BCUT2D eigenvalue weighted by atomic mass is 10.0. The van der Waals surface area contributed by atoms with Crippen LogP contribution in [0.5, 0.6) is 0 Å². The molecule has 0 spiro atoms.